The Bertz CT molecular complexity index is 609. The van der Waals surface area contributed by atoms with Crippen LogP contribution in [0.4, 0.5) is 5.69 Å². The van der Waals surface area contributed by atoms with Crippen LogP contribution in [-0.2, 0) is 13.5 Å². The quantitative estimate of drug-likeness (QED) is 0.882. The van der Waals surface area contributed by atoms with E-state index in [-0.39, 0.29) is 0 Å². The maximum atomic E-state index is 6.02. The molecule has 1 aliphatic rings. The fourth-order valence-corrected chi connectivity index (χ4v) is 3.14. The molecular formula is C14H15BrClN3. The van der Waals surface area contributed by atoms with Crippen molar-refractivity contribution < 1.29 is 0 Å². The van der Waals surface area contributed by atoms with Crippen molar-refractivity contribution in [3.8, 4) is 0 Å². The van der Waals surface area contributed by atoms with Gasteiger partial charge in [-0.25, -0.2) is 0 Å². The van der Waals surface area contributed by atoms with Crippen LogP contribution < -0.4 is 5.32 Å². The van der Waals surface area contributed by atoms with Crippen LogP contribution >= 0.6 is 27.5 Å². The number of aryl methyl sites for hydroxylation is 1. The molecule has 0 fully saturated rings. The van der Waals surface area contributed by atoms with E-state index < -0.39 is 0 Å². The first-order valence-corrected chi connectivity index (χ1v) is 7.54. The second-order valence-electron chi connectivity index (χ2n) is 4.89. The summed E-state index contributed by atoms with van der Waals surface area (Å²) in [7, 11) is 2.01. The van der Waals surface area contributed by atoms with Crippen molar-refractivity contribution in [2.45, 2.75) is 25.3 Å². The van der Waals surface area contributed by atoms with Gasteiger partial charge in [-0.15, -0.1) is 0 Å². The van der Waals surface area contributed by atoms with Crippen LogP contribution in [0.25, 0.3) is 0 Å². The minimum atomic E-state index is 0.338. The van der Waals surface area contributed by atoms with Crippen molar-refractivity contribution in [3.63, 3.8) is 0 Å². The lowest BCUT2D eigenvalue weighted by molar-refractivity contribution is 0.571. The van der Waals surface area contributed by atoms with Crippen molar-refractivity contribution in [3.05, 3.63) is 45.1 Å². The van der Waals surface area contributed by atoms with Gasteiger partial charge < -0.3 is 5.32 Å². The van der Waals surface area contributed by atoms with Gasteiger partial charge in [-0.3, -0.25) is 4.68 Å². The van der Waals surface area contributed by atoms with E-state index in [0.717, 1.165) is 28.0 Å². The van der Waals surface area contributed by atoms with Gasteiger partial charge in [0.25, 0.3) is 0 Å². The molecule has 1 N–H and O–H groups in total. The largest absolute Gasteiger partial charge is 0.378 e. The van der Waals surface area contributed by atoms with Crippen LogP contribution in [0.15, 0.2) is 28.9 Å². The van der Waals surface area contributed by atoms with Gasteiger partial charge in [0.2, 0.25) is 0 Å². The molecule has 0 saturated carbocycles. The summed E-state index contributed by atoms with van der Waals surface area (Å²) < 4.78 is 2.91. The molecule has 19 heavy (non-hydrogen) atoms. The molecule has 0 spiro atoms. The predicted molar refractivity (Wildman–Crippen MR) is 81.7 cm³/mol. The third-order valence-electron chi connectivity index (χ3n) is 3.64. The number of halogens is 2. The van der Waals surface area contributed by atoms with Gasteiger partial charge in [0.15, 0.2) is 0 Å². The van der Waals surface area contributed by atoms with E-state index >= 15 is 0 Å². The number of benzene rings is 1. The Morgan fingerprint density at radius 2 is 2.32 bits per heavy atom. The van der Waals surface area contributed by atoms with Gasteiger partial charge in [-0.05, 0) is 53.4 Å². The summed E-state index contributed by atoms with van der Waals surface area (Å²) in [6, 6.07) is 6.27. The zero-order valence-corrected chi connectivity index (χ0v) is 13.0. The number of hydrogen-bond donors (Lipinski definition) is 1. The molecule has 0 saturated heterocycles. The van der Waals surface area contributed by atoms with E-state index in [1.807, 2.05) is 36.1 Å². The Labute approximate surface area is 126 Å². The summed E-state index contributed by atoms with van der Waals surface area (Å²) in [4.78, 5) is 0. The molecule has 1 atom stereocenters. The highest BCUT2D eigenvalue weighted by Crippen LogP contribution is 2.33. The lowest BCUT2D eigenvalue weighted by atomic mass is 9.93. The summed E-state index contributed by atoms with van der Waals surface area (Å²) in [5, 5.41) is 8.68. The van der Waals surface area contributed by atoms with Gasteiger partial charge in [0.05, 0.1) is 17.3 Å². The molecule has 0 amide bonds. The molecule has 1 aromatic heterocycles. The van der Waals surface area contributed by atoms with Gasteiger partial charge in [0.1, 0.15) is 0 Å². The van der Waals surface area contributed by atoms with Crippen LogP contribution in [0.1, 0.15) is 30.1 Å². The first-order valence-electron chi connectivity index (χ1n) is 6.37. The minimum absolute atomic E-state index is 0.338. The summed E-state index contributed by atoms with van der Waals surface area (Å²) in [6.07, 6.45) is 5.43. The second-order valence-corrected chi connectivity index (χ2v) is 6.15. The van der Waals surface area contributed by atoms with Crippen molar-refractivity contribution in [1.82, 2.24) is 9.78 Å². The maximum absolute atomic E-state index is 6.02. The second kappa shape index (κ2) is 5.17. The van der Waals surface area contributed by atoms with Crippen LogP contribution in [0, 0.1) is 0 Å². The normalized spacial score (nSPS) is 18.2. The smallest absolute Gasteiger partial charge is 0.0549 e. The van der Waals surface area contributed by atoms with Crippen LogP contribution in [0.5, 0.6) is 0 Å². The highest BCUT2D eigenvalue weighted by molar-refractivity contribution is 9.10. The first kappa shape index (κ1) is 13.0. The molecule has 1 aliphatic carbocycles. The van der Waals surface area contributed by atoms with E-state index in [4.69, 9.17) is 11.6 Å². The Morgan fingerprint density at radius 1 is 1.47 bits per heavy atom. The lowest BCUT2D eigenvalue weighted by Gasteiger charge is -2.25. The van der Waals surface area contributed by atoms with E-state index in [0.29, 0.717) is 6.04 Å². The number of nitrogens with zero attached hydrogens (tertiary/aromatic N) is 2. The molecule has 0 radical (unpaired) electrons. The molecule has 3 nitrogen and oxygen atoms in total. The first-order chi connectivity index (χ1) is 9.15. The fourth-order valence-electron chi connectivity index (χ4n) is 2.64. The van der Waals surface area contributed by atoms with Crippen molar-refractivity contribution in [2.75, 3.05) is 5.32 Å². The number of aromatic nitrogens is 2. The fraction of sp³-hybridized carbons (Fsp3) is 0.357. The monoisotopic (exact) mass is 339 g/mol. The standard InChI is InChI=1S/C14H15BrClN3/c1-19-14-4-2-3-13(10(14)8-17-19)18-9-5-6-12(16)11(15)7-9/h5-8,13,18H,2-4H2,1H3. The topological polar surface area (TPSA) is 29.9 Å². The molecule has 0 bridgehead atoms. The van der Waals surface area contributed by atoms with E-state index in [1.165, 1.54) is 17.7 Å². The number of fused-ring (bicyclic) bond motifs is 1. The van der Waals surface area contributed by atoms with Gasteiger partial charge in [-0.2, -0.15) is 5.10 Å². The maximum Gasteiger partial charge on any atom is 0.0549 e. The lowest BCUT2D eigenvalue weighted by Crippen LogP contribution is -2.17. The van der Waals surface area contributed by atoms with Gasteiger partial charge in [-0.1, -0.05) is 11.6 Å². The summed E-state index contributed by atoms with van der Waals surface area (Å²) in [5.74, 6) is 0. The van der Waals surface area contributed by atoms with Crippen LogP contribution in [0.3, 0.4) is 0 Å². The molecule has 1 unspecified atom stereocenters. The predicted octanol–water partition coefficient (Wildman–Crippen LogP) is 4.33. The molecule has 1 heterocycles. The molecule has 2 aromatic rings. The summed E-state index contributed by atoms with van der Waals surface area (Å²) >= 11 is 9.48. The van der Waals surface area contributed by atoms with Gasteiger partial charge in [0, 0.05) is 28.5 Å². The average Bonchev–Trinajstić information content (AvgIpc) is 2.77. The third kappa shape index (κ3) is 2.51. The van der Waals surface area contributed by atoms with Crippen LogP contribution in [-0.4, -0.2) is 9.78 Å². The highest BCUT2D eigenvalue weighted by Gasteiger charge is 2.23. The van der Waals surface area contributed by atoms with E-state index in [9.17, 15) is 0 Å². The van der Waals surface area contributed by atoms with E-state index in [1.54, 1.807) is 0 Å². The number of anilines is 1. The number of rotatable bonds is 2. The SMILES string of the molecule is Cn1ncc2c1CCCC2Nc1ccc(Cl)c(Br)c1. The van der Waals surface area contributed by atoms with Crippen LogP contribution in [0.2, 0.25) is 5.02 Å². The molecule has 1 aromatic carbocycles. The van der Waals surface area contributed by atoms with Crippen molar-refractivity contribution in [2.24, 2.45) is 7.05 Å². The molecule has 100 valence electrons. The number of nitrogens with one attached hydrogen (secondary N) is 1. The zero-order valence-electron chi connectivity index (χ0n) is 10.7. The molecule has 5 heteroatoms. The Hall–Kier alpha value is -1.000. The Morgan fingerprint density at radius 3 is 3.11 bits per heavy atom. The zero-order chi connectivity index (χ0) is 13.4. The summed E-state index contributed by atoms with van der Waals surface area (Å²) in [6.45, 7) is 0. The molecule has 3 rings (SSSR count). The van der Waals surface area contributed by atoms with E-state index in [2.05, 4.69) is 26.3 Å². The van der Waals surface area contributed by atoms with Crippen molar-refractivity contribution >= 4 is 33.2 Å². The molecular weight excluding hydrogens is 326 g/mol. The minimum Gasteiger partial charge on any atom is -0.378 e. The highest BCUT2D eigenvalue weighted by atomic mass is 79.9. The molecule has 0 aliphatic heterocycles. The summed E-state index contributed by atoms with van der Waals surface area (Å²) in [5.41, 5.74) is 3.74. The average molecular weight is 341 g/mol. The Kier molecular flexibility index (Phi) is 3.54. The third-order valence-corrected chi connectivity index (χ3v) is 4.85. The number of hydrogen-bond acceptors (Lipinski definition) is 2. The van der Waals surface area contributed by atoms with Gasteiger partial charge >= 0.3 is 0 Å². The Balaban J connectivity index is 1.86. The van der Waals surface area contributed by atoms with Crippen molar-refractivity contribution in [1.29, 1.82) is 0 Å².